The summed E-state index contributed by atoms with van der Waals surface area (Å²) in [7, 11) is 0.994. The minimum atomic E-state index is -3.53. The Morgan fingerprint density at radius 1 is 1.31 bits per heavy atom. The van der Waals surface area contributed by atoms with Crippen molar-refractivity contribution in [2.45, 2.75) is 11.4 Å². The molecule has 3 rings (SSSR count). The van der Waals surface area contributed by atoms with Crippen LogP contribution in [-0.2, 0) is 16.6 Å². The summed E-state index contributed by atoms with van der Waals surface area (Å²) in [6.45, 7) is 0.372. The van der Waals surface area contributed by atoms with E-state index in [-0.39, 0.29) is 4.90 Å². The SMILES string of the molecule is COc1ccc(S(=O)(=O)N(C)C)cc1NCc1coc(-c2cccs2)n1. The summed E-state index contributed by atoms with van der Waals surface area (Å²) in [5.41, 5.74) is 1.27. The van der Waals surface area contributed by atoms with E-state index in [1.807, 2.05) is 17.5 Å². The molecule has 3 aromatic rings. The quantitative estimate of drug-likeness (QED) is 0.663. The van der Waals surface area contributed by atoms with Crippen molar-refractivity contribution in [1.29, 1.82) is 0 Å². The van der Waals surface area contributed by atoms with Gasteiger partial charge < -0.3 is 14.5 Å². The molecule has 1 aromatic carbocycles. The van der Waals surface area contributed by atoms with Crippen LogP contribution in [0.3, 0.4) is 0 Å². The fourth-order valence-corrected chi connectivity index (χ4v) is 3.87. The van der Waals surface area contributed by atoms with Crippen LogP contribution in [0.2, 0.25) is 0 Å². The first kappa shape index (κ1) is 18.4. The molecule has 0 aliphatic rings. The molecular formula is C17H19N3O4S2. The lowest BCUT2D eigenvalue weighted by Crippen LogP contribution is -2.22. The van der Waals surface area contributed by atoms with Crippen molar-refractivity contribution in [3.63, 3.8) is 0 Å². The number of aromatic nitrogens is 1. The van der Waals surface area contributed by atoms with Gasteiger partial charge in [-0.1, -0.05) is 6.07 Å². The number of oxazole rings is 1. The third-order valence-corrected chi connectivity index (χ3v) is 6.36. The Balaban J connectivity index is 1.81. The molecule has 26 heavy (non-hydrogen) atoms. The molecular weight excluding hydrogens is 374 g/mol. The first-order valence-electron chi connectivity index (χ1n) is 7.74. The van der Waals surface area contributed by atoms with E-state index in [4.69, 9.17) is 9.15 Å². The van der Waals surface area contributed by atoms with Gasteiger partial charge in [0.05, 0.1) is 34.8 Å². The predicted octanol–water partition coefficient (Wildman–Crippen LogP) is 3.27. The van der Waals surface area contributed by atoms with Crippen molar-refractivity contribution >= 4 is 27.0 Å². The molecule has 0 unspecified atom stereocenters. The van der Waals surface area contributed by atoms with E-state index in [1.54, 1.807) is 29.7 Å². The van der Waals surface area contributed by atoms with Crippen LogP contribution in [-0.4, -0.2) is 38.9 Å². The number of nitrogens with one attached hydrogen (secondary N) is 1. The van der Waals surface area contributed by atoms with E-state index < -0.39 is 10.0 Å². The molecule has 0 fully saturated rings. The Labute approximate surface area is 156 Å². The van der Waals surface area contributed by atoms with Gasteiger partial charge in [0.15, 0.2) is 0 Å². The summed E-state index contributed by atoms with van der Waals surface area (Å²) in [5.74, 6) is 1.11. The molecule has 0 amide bonds. The molecule has 0 spiro atoms. The van der Waals surface area contributed by atoms with Gasteiger partial charge in [-0.3, -0.25) is 0 Å². The van der Waals surface area contributed by atoms with Gasteiger partial charge in [-0.15, -0.1) is 11.3 Å². The lowest BCUT2D eigenvalue weighted by Gasteiger charge is -2.15. The average molecular weight is 393 g/mol. The molecule has 0 radical (unpaired) electrons. The minimum Gasteiger partial charge on any atom is -0.495 e. The Hall–Kier alpha value is -2.36. The molecule has 0 saturated carbocycles. The smallest absolute Gasteiger partial charge is 0.242 e. The standard InChI is InChI=1S/C17H19N3O4S2/c1-20(2)26(21,22)13-6-7-15(23-3)14(9-13)18-10-12-11-24-17(19-12)16-5-4-8-25-16/h4-9,11,18H,10H2,1-3H3. The Bertz CT molecular complexity index is 979. The number of nitrogens with zero attached hydrogens (tertiary/aromatic N) is 2. The second-order valence-corrected chi connectivity index (χ2v) is 8.72. The highest BCUT2D eigenvalue weighted by molar-refractivity contribution is 7.89. The number of thiophene rings is 1. The molecule has 0 aliphatic carbocycles. The third-order valence-electron chi connectivity index (χ3n) is 3.69. The van der Waals surface area contributed by atoms with Gasteiger partial charge in [-0.05, 0) is 29.6 Å². The first-order chi connectivity index (χ1) is 12.4. The topological polar surface area (TPSA) is 84.7 Å². The highest BCUT2D eigenvalue weighted by atomic mass is 32.2. The maximum absolute atomic E-state index is 12.3. The number of hydrogen-bond acceptors (Lipinski definition) is 7. The number of methoxy groups -OCH3 is 1. The zero-order valence-electron chi connectivity index (χ0n) is 14.6. The summed E-state index contributed by atoms with van der Waals surface area (Å²) in [6, 6.07) is 8.56. The van der Waals surface area contributed by atoms with E-state index in [2.05, 4.69) is 10.3 Å². The van der Waals surface area contributed by atoms with Crippen LogP contribution in [0.5, 0.6) is 5.75 Å². The van der Waals surface area contributed by atoms with Crippen LogP contribution in [0.15, 0.2) is 51.3 Å². The second-order valence-electron chi connectivity index (χ2n) is 5.62. The summed E-state index contributed by atoms with van der Waals surface area (Å²) in [6.07, 6.45) is 1.58. The Kier molecular flexibility index (Phi) is 5.30. The van der Waals surface area contributed by atoms with Crippen molar-refractivity contribution in [3.05, 3.63) is 47.7 Å². The maximum Gasteiger partial charge on any atom is 0.242 e. The Morgan fingerprint density at radius 2 is 2.12 bits per heavy atom. The number of sulfonamides is 1. The summed E-state index contributed by atoms with van der Waals surface area (Å²) >= 11 is 1.55. The number of hydrogen-bond donors (Lipinski definition) is 1. The zero-order chi connectivity index (χ0) is 18.7. The lowest BCUT2D eigenvalue weighted by atomic mass is 10.3. The average Bonchev–Trinajstić information content (AvgIpc) is 3.30. The summed E-state index contributed by atoms with van der Waals surface area (Å²) < 4.78 is 36.6. The van der Waals surface area contributed by atoms with Gasteiger partial charge in [-0.2, -0.15) is 0 Å². The van der Waals surface area contributed by atoms with E-state index in [0.717, 1.165) is 4.88 Å². The van der Waals surface area contributed by atoms with Gasteiger partial charge in [0.1, 0.15) is 12.0 Å². The fourth-order valence-electron chi connectivity index (χ4n) is 2.28. The number of benzene rings is 1. The van der Waals surface area contributed by atoms with E-state index in [9.17, 15) is 8.42 Å². The molecule has 1 N–H and O–H groups in total. The van der Waals surface area contributed by atoms with Crippen molar-refractivity contribution in [1.82, 2.24) is 9.29 Å². The molecule has 9 heteroatoms. The number of ether oxygens (including phenoxy) is 1. The predicted molar refractivity (Wildman–Crippen MR) is 101 cm³/mol. The first-order valence-corrected chi connectivity index (χ1v) is 10.1. The van der Waals surface area contributed by atoms with E-state index >= 15 is 0 Å². The monoisotopic (exact) mass is 393 g/mol. The van der Waals surface area contributed by atoms with Crippen LogP contribution in [0, 0.1) is 0 Å². The minimum absolute atomic E-state index is 0.185. The molecule has 138 valence electrons. The second kappa shape index (κ2) is 7.48. The largest absolute Gasteiger partial charge is 0.495 e. The molecule has 0 saturated heterocycles. The van der Waals surface area contributed by atoms with Crippen LogP contribution in [0.25, 0.3) is 10.8 Å². The van der Waals surface area contributed by atoms with E-state index in [1.165, 1.54) is 31.6 Å². The lowest BCUT2D eigenvalue weighted by molar-refractivity contribution is 0.416. The van der Waals surface area contributed by atoms with Crippen LogP contribution >= 0.6 is 11.3 Å². The highest BCUT2D eigenvalue weighted by Crippen LogP contribution is 2.29. The fraction of sp³-hybridized carbons (Fsp3) is 0.235. The molecule has 2 heterocycles. The van der Waals surface area contributed by atoms with E-state index in [0.29, 0.717) is 29.6 Å². The number of rotatable bonds is 7. The molecule has 2 aromatic heterocycles. The highest BCUT2D eigenvalue weighted by Gasteiger charge is 2.19. The van der Waals surface area contributed by atoms with Gasteiger partial charge in [-0.25, -0.2) is 17.7 Å². The summed E-state index contributed by atoms with van der Waals surface area (Å²) in [5, 5.41) is 5.12. The van der Waals surface area contributed by atoms with Gasteiger partial charge >= 0.3 is 0 Å². The van der Waals surface area contributed by atoms with Crippen LogP contribution < -0.4 is 10.1 Å². The van der Waals surface area contributed by atoms with Gasteiger partial charge in [0, 0.05) is 14.1 Å². The molecule has 0 atom stereocenters. The maximum atomic E-state index is 12.3. The summed E-state index contributed by atoms with van der Waals surface area (Å²) in [4.78, 5) is 5.57. The van der Waals surface area contributed by atoms with Crippen molar-refractivity contribution in [2.75, 3.05) is 26.5 Å². The molecule has 0 bridgehead atoms. The molecule has 7 nitrogen and oxygen atoms in total. The third kappa shape index (κ3) is 3.74. The van der Waals surface area contributed by atoms with Gasteiger partial charge in [0.25, 0.3) is 0 Å². The van der Waals surface area contributed by atoms with Crippen molar-refractivity contribution in [3.8, 4) is 16.5 Å². The number of anilines is 1. The van der Waals surface area contributed by atoms with Crippen LogP contribution in [0.4, 0.5) is 5.69 Å². The van der Waals surface area contributed by atoms with Crippen molar-refractivity contribution < 1.29 is 17.6 Å². The normalized spacial score (nSPS) is 11.7. The van der Waals surface area contributed by atoms with Crippen LogP contribution in [0.1, 0.15) is 5.69 Å². The Morgan fingerprint density at radius 3 is 2.77 bits per heavy atom. The van der Waals surface area contributed by atoms with Crippen molar-refractivity contribution in [2.24, 2.45) is 0 Å². The van der Waals surface area contributed by atoms with Gasteiger partial charge in [0.2, 0.25) is 15.9 Å². The molecule has 0 aliphatic heterocycles. The zero-order valence-corrected chi connectivity index (χ0v) is 16.2.